The predicted molar refractivity (Wildman–Crippen MR) is 77.6 cm³/mol. The molecule has 0 aromatic heterocycles. The van der Waals surface area contributed by atoms with Gasteiger partial charge in [0.15, 0.2) is 0 Å². The second kappa shape index (κ2) is 5.96. The second-order valence-corrected chi connectivity index (χ2v) is 5.57. The number of carboxylic acid groups (broad SMARTS) is 1. The number of nitrogens with zero attached hydrogens (tertiary/aromatic N) is 2. The Kier molecular flexibility index (Phi) is 4.29. The number of carboxylic acids is 1. The second-order valence-electron chi connectivity index (χ2n) is 5.57. The van der Waals surface area contributed by atoms with Crippen LogP contribution in [0.15, 0.2) is 24.3 Å². The Morgan fingerprint density at radius 3 is 2.40 bits per heavy atom. The Morgan fingerprint density at radius 1 is 1.30 bits per heavy atom. The quantitative estimate of drug-likeness (QED) is 0.914. The molecule has 1 N–H and O–H groups in total. The van der Waals surface area contributed by atoms with Crippen molar-refractivity contribution in [1.82, 2.24) is 0 Å². The highest BCUT2D eigenvalue weighted by atomic mass is 16.4. The summed E-state index contributed by atoms with van der Waals surface area (Å²) in [7, 11) is 1.97. The van der Waals surface area contributed by atoms with Crippen molar-refractivity contribution in [3.8, 4) is 6.07 Å². The summed E-state index contributed by atoms with van der Waals surface area (Å²) in [6.45, 7) is 0. The van der Waals surface area contributed by atoms with E-state index in [9.17, 15) is 9.90 Å². The summed E-state index contributed by atoms with van der Waals surface area (Å²) in [6.07, 6.45) is 5.33. The van der Waals surface area contributed by atoms with E-state index < -0.39 is 5.97 Å². The molecule has 0 spiro atoms. The minimum atomic E-state index is -0.743. The van der Waals surface area contributed by atoms with Crippen LogP contribution in [0.4, 0.5) is 5.69 Å². The molecule has 1 fully saturated rings. The van der Waals surface area contributed by atoms with Crippen molar-refractivity contribution in [3.63, 3.8) is 0 Å². The average Bonchev–Trinajstić information content (AvgIpc) is 2.47. The SMILES string of the molecule is CN(c1ccc(C#N)cc1)C1(CC(=O)O)CCCCC1. The minimum absolute atomic E-state index is 0.170. The molecule has 0 saturated heterocycles. The Balaban J connectivity index is 2.27. The van der Waals surface area contributed by atoms with Crippen LogP contribution < -0.4 is 4.90 Å². The van der Waals surface area contributed by atoms with Crippen LogP contribution in [-0.2, 0) is 4.79 Å². The molecule has 1 aliphatic carbocycles. The summed E-state index contributed by atoms with van der Waals surface area (Å²) in [6, 6.07) is 9.46. The maximum atomic E-state index is 11.2. The molecule has 0 atom stereocenters. The van der Waals surface area contributed by atoms with Crippen molar-refractivity contribution in [2.45, 2.75) is 44.1 Å². The van der Waals surface area contributed by atoms with Gasteiger partial charge in [0, 0.05) is 12.7 Å². The molecule has 0 radical (unpaired) electrons. The molecule has 2 rings (SSSR count). The lowest BCUT2D eigenvalue weighted by atomic mass is 9.78. The first-order valence-electron chi connectivity index (χ1n) is 7.03. The van der Waals surface area contributed by atoms with E-state index in [0.717, 1.165) is 31.4 Å². The normalized spacial score (nSPS) is 17.2. The van der Waals surface area contributed by atoms with E-state index in [2.05, 4.69) is 11.0 Å². The third-order valence-corrected chi connectivity index (χ3v) is 4.36. The third kappa shape index (κ3) is 2.93. The standard InChI is InChI=1S/C16H20N2O2/c1-18(14-7-5-13(12-17)6-8-14)16(11-15(19)20)9-3-2-4-10-16/h5-8H,2-4,9-11H2,1H3,(H,19,20). The molecule has 0 aliphatic heterocycles. The van der Waals surface area contributed by atoms with E-state index in [1.807, 2.05) is 19.2 Å². The van der Waals surface area contributed by atoms with Gasteiger partial charge >= 0.3 is 5.97 Å². The largest absolute Gasteiger partial charge is 0.481 e. The van der Waals surface area contributed by atoms with Gasteiger partial charge in [0.25, 0.3) is 0 Å². The molecule has 4 nitrogen and oxygen atoms in total. The van der Waals surface area contributed by atoms with Crippen LogP contribution in [0, 0.1) is 11.3 Å². The van der Waals surface area contributed by atoms with Crippen LogP contribution in [0.1, 0.15) is 44.1 Å². The van der Waals surface area contributed by atoms with Crippen LogP contribution in [0.5, 0.6) is 0 Å². The average molecular weight is 272 g/mol. The van der Waals surface area contributed by atoms with Crippen LogP contribution in [0.2, 0.25) is 0 Å². The first kappa shape index (κ1) is 14.4. The lowest BCUT2D eigenvalue weighted by molar-refractivity contribution is -0.138. The molecular formula is C16H20N2O2. The number of hydrogen-bond donors (Lipinski definition) is 1. The number of benzene rings is 1. The van der Waals surface area contributed by atoms with E-state index in [1.165, 1.54) is 6.42 Å². The van der Waals surface area contributed by atoms with E-state index >= 15 is 0 Å². The Hall–Kier alpha value is -2.02. The highest BCUT2D eigenvalue weighted by Crippen LogP contribution is 2.38. The van der Waals surface area contributed by atoms with Gasteiger partial charge in [0.1, 0.15) is 0 Å². The van der Waals surface area contributed by atoms with Crippen LogP contribution in [0.3, 0.4) is 0 Å². The minimum Gasteiger partial charge on any atom is -0.481 e. The number of aliphatic carboxylic acids is 1. The van der Waals surface area contributed by atoms with Gasteiger partial charge in [0.05, 0.1) is 23.6 Å². The number of carbonyl (C=O) groups is 1. The zero-order valence-corrected chi connectivity index (χ0v) is 11.8. The summed E-state index contributed by atoms with van der Waals surface area (Å²) >= 11 is 0. The Bertz CT molecular complexity index is 510. The van der Waals surface area contributed by atoms with E-state index in [1.54, 1.807) is 12.1 Å². The molecule has 106 valence electrons. The van der Waals surface area contributed by atoms with Gasteiger partial charge in [-0.25, -0.2) is 0 Å². The summed E-state index contributed by atoms with van der Waals surface area (Å²) < 4.78 is 0. The summed E-state index contributed by atoms with van der Waals surface area (Å²) in [5.74, 6) is -0.743. The molecule has 0 unspecified atom stereocenters. The number of anilines is 1. The van der Waals surface area contributed by atoms with Crippen molar-refractivity contribution in [2.75, 3.05) is 11.9 Å². The zero-order chi connectivity index (χ0) is 14.6. The van der Waals surface area contributed by atoms with Crippen LogP contribution >= 0.6 is 0 Å². The highest BCUT2D eigenvalue weighted by Gasteiger charge is 2.38. The zero-order valence-electron chi connectivity index (χ0n) is 11.8. The van der Waals surface area contributed by atoms with Gasteiger partial charge < -0.3 is 10.0 Å². The van der Waals surface area contributed by atoms with Crippen molar-refractivity contribution in [1.29, 1.82) is 5.26 Å². The van der Waals surface area contributed by atoms with Gasteiger partial charge in [-0.15, -0.1) is 0 Å². The molecule has 0 bridgehead atoms. The van der Waals surface area contributed by atoms with Gasteiger partial charge in [0.2, 0.25) is 0 Å². The molecule has 20 heavy (non-hydrogen) atoms. The maximum absolute atomic E-state index is 11.2. The summed E-state index contributed by atoms with van der Waals surface area (Å²) in [5.41, 5.74) is 1.31. The van der Waals surface area contributed by atoms with E-state index in [-0.39, 0.29) is 12.0 Å². The fourth-order valence-electron chi connectivity index (χ4n) is 3.16. The summed E-state index contributed by atoms with van der Waals surface area (Å²) in [4.78, 5) is 13.3. The Morgan fingerprint density at radius 2 is 1.90 bits per heavy atom. The van der Waals surface area contributed by atoms with E-state index in [4.69, 9.17) is 5.26 Å². The maximum Gasteiger partial charge on any atom is 0.305 e. The number of rotatable bonds is 4. The lowest BCUT2D eigenvalue weighted by Gasteiger charge is -2.45. The van der Waals surface area contributed by atoms with Gasteiger partial charge in [-0.2, -0.15) is 5.26 Å². The third-order valence-electron chi connectivity index (χ3n) is 4.36. The molecule has 0 heterocycles. The van der Waals surface area contributed by atoms with Crippen LogP contribution in [0.25, 0.3) is 0 Å². The molecular weight excluding hydrogens is 252 g/mol. The Labute approximate surface area is 119 Å². The van der Waals surface area contributed by atoms with Crippen molar-refractivity contribution in [2.24, 2.45) is 0 Å². The van der Waals surface area contributed by atoms with Crippen molar-refractivity contribution < 1.29 is 9.90 Å². The molecule has 1 saturated carbocycles. The fourth-order valence-corrected chi connectivity index (χ4v) is 3.16. The molecule has 1 aromatic carbocycles. The first-order valence-corrected chi connectivity index (χ1v) is 7.03. The first-order chi connectivity index (χ1) is 9.57. The molecule has 1 aliphatic rings. The van der Waals surface area contributed by atoms with Gasteiger partial charge in [-0.1, -0.05) is 19.3 Å². The topological polar surface area (TPSA) is 64.3 Å². The highest BCUT2D eigenvalue weighted by molar-refractivity contribution is 5.70. The lowest BCUT2D eigenvalue weighted by Crippen LogP contribution is -2.49. The van der Waals surface area contributed by atoms with Gasteiger partial charge in [-0.05, 0) is 37.1 Å². The smallest absolute Gasteiger partial charge is 0.305 e. The van der Waals surface area contributed by atoms with Crippen LogP contribution in [-0.4, -0.2) is 23.7 Å². The molecule has 4 heteroatoms. The van der Waals surface area contributed by atoms with Crippen molar-refractivity contribution in [3.05, 3.63) is 29.8 Å². The fraction of sp³-hybridized carbons (Fsp3) is 0.500. The monoisotopic (exact) mass is 272 g/mol. The molecule has 1 aromatic rings. The summed E-state index contributed by atoms with van der Waals surface area (Å²) in [5, 5.41) is 18.1. The molecule has 0 amide bonds. The van der Waals surface area contributed by atoms with Gasteiger partial charge in [-0.3, -0.25) is 4.79 Å². The predicted octanol–water partition coefficient (Wildman–Crippen LogP) is 3.17. The number of hydrogen-bond acceptors (Lipinski definition) is 3. The van der Waals surface area contributed by atoms with Crippen molar-refractivity contribution >= 4 is 11.7 Å². The van der Waals surface area contributed by atoms with E-state index in [0.29, 0.717) is 5.56 Å². The number of nitriles is 1.